The summed E-state index contributed by atoms with van der Waals surface area (Å²) in [5.41, 5.74) is 0.982. The minimum Gasteiger partial charge on any atom is -0.461 e. The summed E-state index contributed by atoms with van der Waals surface area (Å²) in [7, 11) is 0. The van der Waals surface area contributed by atoms with Crippen LogP contribution in [0.5, 0.6) is 11.5 Å². The highest BCUT2D eigenvalue weighted by Crippen LogP contribution is 2.30. The second-order valence-electron chi connectivity index (χ2n) is 5.28. The molecule has 1 aromatic heterocycles. The zero-order chi connectivity index (χ0) is 20.5. The van der Waals surface area contributed by atoms with Crippen LogP contribution in [0.25, 0.3) is 11.3 Å². The fourth-order valence-corrected chi connectivity index (χ4v) is 2.78. The van der Waals surface area contributed by atoms with Crippen LogP contribution in [0.1, 0.15) is 23.6 Å². The average molecular weight is 407 g/mol. The number of hydrogen-bond acceptors (Lipinski definition) is 6. The standard InChI is InChI=1S/C18H13F2NO3S.C2H6O/c1-2-23-18(22)17-21-15(10-25-17)11-3-8-16(14(20)9-11)24-13-6-4-12(19)5-7-13;1-2-3/h3-10H,2H2,1H3;3H,2H2,1H3. The summed E-state index contributed by atoms with van der Waals surface area (Å²) in [6.45, 7) is 3.90. The number of halogens is 2. The molecular weight excluding hydrogens is 388 g/mol. The quantitative estimate of drug-likeness (QED) is 0.599. The number of hydrogen-bond donors (Lipinski definition) is 1. The number of nitrogens with zero attached hydrogens (tertiary/aromatic N) is 1. The Morgan fingerprint density at radius 1 is 1.14 bits per heavy atom. The maximum absolute atomic E-state index is 14.3. The van der Waals surface area contributed by atoms with Crippen molar-refractivity contribution in [1.29, 1.82) is 0 Å². The second kappa shape index (κ2) is 10.5. The molecule has 3 aromatic rings. The van der Waals surface area contributed by atoms with Crippen LogP contribution in [0.15, 0.2) is 47.8 Å². The molecule has 3 rings (SSSR count). The van der Waals surface area contributed by atoms with E-state index < -0.39 is 17.6 Å². The first-order valence-corrected chi connectivity index (χ1v) is 9.33. The molecule has 0 aliphatic rings. The lowest BCUT2D eigenvalue weighted by molar-refractivity contribution is 0.0526. The van der Waals surface area contributed by atoms with E-state index in [-0.39, 0.29) is 24.0 Å². The highest BCUT2D eigenvalue weighted by molar-refractivity contribution is 7.11. The van der Waals surface area contributed by atoms with Crippen LogP contribution in [-0.2, 0) is 4.74 Å². The molecular formula is C20H19F2NO4S. The normalized spacial score (nSPS) is 10.0. The molecule has 0 spiro atoms. The number of esters is 1. The number of carbonyl (C=O) groups is 1. The van der Waals surface area contributed by atoms with E-state index in [1.807, 2.05) is 0 Å². The second-order valence-corrected chi connectivity index (χ2v) is 6.13. The third-order valence-corrected chi connectivity index (χ3v) is 4.05. The molecule has 0 aliphatic carbocycles. The molecule has 0 aliphatic heterocycles. The highest BCUT2D eigenvalue weighted by Gasteiger charge is 2.14. The van der Waals surface area contributed by atoms with Crippen molar-refractivity contribution in [3.05, 3.63) is 64.5 Å². The fraction of sp³-hybridized carbons (Fsp3) is 0.200. The predicted molar refractivity (Wildman–Crippen MR) is 103 cm³/mol. The van der Waals surface area contributed by atoms with Crippen molar-refractivity contribution in [2.24, 2.45) is 0 Å². The number of aromatic nitrogens is 1. The van der Waals surface area contributed by atoms with Crippen molar-refractivity contribution in [3.63, 3.8) is 0 Å². The lowest BCUT2D eigenvalue weighted by atomic mass is 10.1. The largest absolute Gasteiger partial charge is 0.461 e. The Kier molecular flexibility index (Phi) is 8.03. The molecule has 0 atom stereocenters. The first kappa shape index (κ1) is 21.5. The van der Waals surface area contributed by atoms with Gasteiger partial charge >= 0.3 is 5.97 Å². The molecule has 1 heterocycles. The molecule has 0 fully saturated rings. The zero-order valence-electron chi connectivity index (χ0n) is 15.3. The van der Waals surface area contributed by atoms with E-state index in [4.69, 9.17) is 14.6 Å². The molecule has 2 aromatic carbocycles. The van der Waals surface area contributed by atoms with Gasteiger partial charge in [0, 0.05) is 17.6 Å². The van der Waals surface area contributed by atoms with Crippen LogP contribution < -0.4 is 4.74 Å². The number of ether oxygens (including phenoxy) is 2. The molecule has 0 radical (unpaired) electrons. The summed E-state index contributed by atoms with van der Waals surface area (Å²) in [6, 6.07) is 9.64. The number of aliphatic hydroxyl groups is 1. The van der Waals surface area contributed by atoms with Gasteiger partial charge in [0.1, 0.15) is 11.6 Å². The van der Waals surface area contributed by atoms with Gasteiger partial charge in [0.15, 0.2) is 11.6 Å². The lowest BCUT2D eigenvalue weighted by Gasteiger charge is -2.07. The molecule has 1 N–H and O–H groups in total. The minimum atomic E-state index is -0.590. The Hall–Kier alpha value is -2.84. The molecule has 0 saturated heterocycles. The van der Waals surface area contributed by atoms with Crippen LogP contribution in [0.2, 0.25) is 0 Å². The smallest absolute Gasteiger partial charge is 0.367 e. The van der Waals surface area contributed by atoms with Gasteiger partial charge in [-0.15, -0.1) is 11.3 Å². The summed E-state index contributed by atoms with van der Waals surface area (Å²) >= 11 is 1.13. The third-order valence-electron chi connectivity index (χ3n) is 3.22. The van der Waals surface area contributed by atoms with Crippen LogP contribution in [0, 0.1) is 11.6 Å². The van der Waals surface area contributed by atoms with Gasteiger partial charge in [-0.2, -0.15) is 0 Å². The molecule has 148 valence electrons. The van der Waals surface area contributed by atoms with Crippen molar-refractivity contribution < 1.29 is 28.2 Å². The Bertz CT molecular complexity index is 913. The SMILES string of the molecule is CCO.CCOC(=O)c1nc(-c2ccc(Oc3ccc(F)cc3)c(F)c2)cs1. The van der Waals surface area contributed by atoms with Crippen LogP contribution in [0.3, 0.4) is 0 Å². The van der Waals surface area contributed by atoms with Gasteiger partial charge in [0.05, 0.1) is 12.3 Å². The van der Waals surface area contributed by atoms with E-state index in [1.165, 1.54) is 36.4 Å². The summed E-state index contributed by atoms with van der Waals surface area (Å²) in [5.74, 6) is -1.16. The van der Waals surface area contributed by atoms with E-state index in [0.717, 1.165) is 11.3 Å². The highest BCUT2D eigenvalue weighted by atomic mass is 32.1. The Morgan fingerprint density at radius 3 is 2.43 bits per heavy atom. The topological polar surface area (TPSA) is 68.7 Å². The van der Waals surface area contributed by atoms with Crippen molar-refractivity contribution in [3.8, 4) is 22.8 Å². The molecule has 0 amide bonds. The lowest BCUT2D eigenvalue weighted by Crippen LogP contribution is -2.03. The average Bonchev–Trinajstić information content (AvgIpc) is 3.16. The molecule has 28 heavy (non-hydrogen) atoms. The predicted octanol–water partition coefficient (Wildman–Crippen LogP) is 5.06. The van der Waals surface area contributed by atoms with Gasteiger partial charge in [-0.05, 0) is 56.3 Å². The summed E-state index contributed by atoms with van der Waals surface area (Å²) in [6.07, 6.45) is 0. The summed E-state index contributed by atoms with van der Waals surface area (Å²) in [4.78, 5) is 15.8. The Balaban J connectivity index is 0.000000878. The first-order chi connectivity index (χ1) is 13.5. The number of rotatable bonds is 5. The van der Waals surface area contributed by atoms with Crippen molar-refractivity contribution in [2.45, 2.75) is 13.8 Å². The van der Waals surface area contributed by atoms with Gasteiger partial charge in [-0.3, -0.25) is 0 Å². The maximum atomic E-state index is 14.3. The van der Waals surface area contributed by atoms with Gasteiger partial charge in [0.25, 0.3) is 0 Å². The van der Waals surface area contributed by atoms with Gasteiger partial charge in [-0.1, -0.05) is 0 Å². The number of benzene rings is 2. The van der Waals surface area contributed by atoms with E-state index in [9.17, 15) is 13.6 Å². The summed E-state index contributed by atoms with van der Waals surface area (Å²) < 4.78 is 37.4. The van der Waals surface area contributed by atoms with Crippen LogP contribution in [-0.4, -0.2) is 29.3 Å². The minimum absolute atomic E-state index is 0.0104. The van der Waals surface area contributed by atoms with Crippen molar-refractivity contribution >= 4 is 17.3 Å². The van der Waals surface area contributed by atoms with E-state index >= 15 is 0 Å². The van der Waals surface area contributed by atoms with E-state index in [0.29, 0.717) is 17.0 Å². The Morgan fingerprint density at radius 2 is 1.82 bits per heavy atom. The van der Waals surface area contributed by atoms with E-state index in [2.05, 4.69) is 4.98 Å². The molecule has 5 nitrogen and oxygen atoms in total. The number of aliphatic hydroxyl groups excluding tert-OH is 1. The van der Waals surface area contributed by atoms with Crippen LogP contribution in [0.4, 0.5) is 8.78 Å². The zero-order valence-corrected chi connectivity index (χ0v) is 16.1. The molecule has 0 bridgehead atoms. The monoisotopic (exact) mass is 407 g/mol. The Labute approximate surface area is 165 Å². The number of carbonyl (C=O) groups excluding carboxylic acids is 1. The first-order valence-electron chi connectivity index (χ1n) is 8.45. The van der Waals surface area contributed by atoms with Gasteiger partial charge in [0.2, 0.25) is 5.01 Å². The maximum Gasteiger partial charge on any atom is 0.367 e. The summed E-state index contributed by atoms with van der Waals surface area (Å²) in [5, 5.41) is 9.44. The van der Waals surface area contributed by atoms with Gasteiger partial charge < -0.3 is 14.6 Å². The number of thiazole rings is 1. The van der Waals surface area contributed by atoms with E-state index in [1.54, 1.807) is 25.3 Å². The molecule has 8 heteroatoms. The molecule has 0 unspecified atom stereocenters. The fourth-order valence-electron chi connectivity index (χ4n) is 2.07. The van der Waals surface area contributed by atoms with Gasteiger partial charge in [-0.25, -0.2) is 18.6 Å². The molecule has 0 saturated carbocycles. The third kappa shape index (κ3) is 5.83. The van der Waals surface area contributed by atoms with Crippen molar-refractivity contribution in [1.82, 2.24) is 4.98 Å². The van der Waals surface area contributed by atoms with Crippen molar-refractivity contribution in [2.75, 3.05) is 13.2 Å². The van der Waals surface area contributed by atoms with Crippen LogP contribution >= 0.6 is 11.3 Å².